The Hall–Kier alpha value is -2.50. The molecule has 2 heterocycles. The summed E-state index contributed by atoms with van der Waals surface area (Å²) in [5.74, 6) is 0.193. The van der Waals surface area contributed by atoms with Gasteiger partial charge in [0.2, 0.25) is 0 Å². The first-order valence-electron chi connectivity index (χ1n) is 8.88. The van der Waals surface area contributed by atoms with Crippen LogP contribution in [0.1, 0.15) is 0 Å². The summed E-state index contributed by atoms with van der Waals surface area (Å²) in [6.07, 6.45) is 0. The van der Waals surface area contributed by atoms with Crippen LogP contribution in [0.15, 0.2) is 60.7 Å². The molecule has 2 aromatic carbocycles. The van der Waals surface area contributed by atoms with Crippen molar-refractivity contribution in [3.63, 3.8) is 0 Å². The van der Waals surface area contributed by atoms with Gasteiger partial charge in [-0.05, 0) is 42.5 Å². The third kappa shape index (κ3) is 4.32. The van der Waals surface area contributed by atoms with Gasteiger partial charge < -0.3 is 15.5 Å². The number of nitrogen functional groups attached to an aromatic ring is 1. The Morgan fingerprint density at radius 1 is 0.893 bits per heavy atom. The van der Waals surface area contributed by atoms with Crippen LogP contribution >= 0.6 is 24.0 Å². The molecular weight excluding hydrogens is 398 g/mol. The van der Waals surface area contributed by atoms with Crippen LogP contribution < -0.4 is 15.5 Å². The largest absolute Gasteiger partial charge is 0.384 e. The standard InChI is InChI=1S/C21H20ClFN4.ClH/c22-18-3-1-2-4-20(18)27-11-9-26(10-12-27)17-13-19(25-21(24)14-17)15-5-7-16(23)8-6-15;/h1-8,13-14H,9-12H2,(H2,24,25);1H. The average Bonchev–Trinajstić information content (AvgIpc) is 2.69. The highest BCUT2D eigenvalue weighted by Crippen LogP contribution is 2.29. The molecule has 2 N–H and O–H groups in total. The Balaban J connectivity index is 0.00000225. The Morgan fingerprint density at radius 3 is 2.21 bits per heavy atom. The van der Waals surface area contributed by atoms with Crippen LogP contribution in [-0.2, 0) is 0 Å². The number of hydrogen-bond donors (Lipinski definition) is 1. The van der Waals surface area contributed by atoms with Gasteiger partial charge in [-0.15, -0.1) is 12.4 Å². The molecule has 0 atom stereocenters. The van der Waals surface area contributed by atoms with Crippen LogP contribution in [0.5, 0.6) is 0 Å². The highest BCUT2D eigenvalue weighted by molar-refractivity contribution is 6.33. The van der Waals surface area contributed by atoms with E-state index in [1.165, 1.54) is 12.1 Å². The molecule has 0 radical (unpaired) electrons. The first kappa shape index (κ1) is 20.2. The predicted molar refractivity (Wildman–Crippen MR) is 117 cm³/mol. The molecule has 0 saturated carbocycles. The zero-order chi connectivity index (χ0) is 18.8. The zero-order valence-corrected chi connectivity index (χ0v) is 16.8. The summed E-state index contributed by atoms with van der Waals surface area (Å²) in [7, 11) is 0. The second-order valence-electron chi connectivity index (χ2n) is 6.57. The van der Waals surface area contributed by atoms with Crippen molar-refractivity contribution in [3.05, 3.63) is 71.5 Å². The molecule has 1 saturated heterocycles. The lowest BCUT2D eigenvalue weighted by molar-refractivity contribution is 0.628. The molecule has 0 amide bonds. The third-order valence-electron chi connectivity index (χ3n) is 4.81. The van der Waals surface area contributed by atoms with Gasteiger partial charge in [0.15, 0.2) is 0 Å². The topological polar surface area (TPSA) is 45.4 Å². The van der Waals surface area contributed by atoms with Gasteiger partial charge in [-0.3, -0.25) is 0 Å². The summed E-state index contributed by atoms with van der Waals surface area (Å²) < 4.78 is 13.2. The first-order chi connectivity index (χ1) is 13.1. The Morgan fingerprint density at radius 2 is 1.54 bits per heavy atom. The van der Waals surface area contributed by atoms with Gasteiger partial charge in [0.05, 0.1) is 16.4 Å². The van der Waals surface area contributed by atoms with Crippen molar-refractivity contribution in [1.29, 1.82) is 0 Å². The van der Waals surface area contributed by atoms with Crippen molar-refractivity contribution in [2.24, 2.45) is 0 Å². The van der Waals surface area contributed by atoms with Crippen LogP contribution in [-0.4, -0.2) is 31.2 Å². The minimum absolute atomic E-state index is 0. The van der Waals surface area contributed by atoms with Crippen molar-refractivity contribution in [2.75, 3.05) is 41.7 Å². The van der Waals surface area contributed by atoms with E-state index in [9.17, 15) is 4.39 Å². The fourth-order valence-electron chi connectivity index (χ4n) is 3.40. The molecule has 1 fully saturated rings. The number of rotatable bonds is 3. The van der Waals surface area contributed by atoms with E-state index in [4.69, 9.17) is 17.3 Å². The van der Waals surface area contributed by atoms with Gasteiger partial charge in [-0.25, -0.2) is 9.37 Å². The van der Waals surface area contributed by atoms with Crippen LogP contribution in [0.25, 0.3) is 11.3 Å². The monoisotopic (exact) mass is 418 g/mol. The lowest BCUT2D eigenvalue weighted by atomic mass is 10.1. The van der Waals surface area contributed by atoms with E-state index >= 15 is 0 Å². The van der Waals surface area contributed by atoms with Crippen molar-refractivity contribution in [2.45, 2.75) is 0 Å². The molecule has 7 heteroatoms. The minimum atomic E-state index is -0.265. The van der Waals surface area contributed by atoms with Gasteiger partial charge in [0.25, 0.3) is 0 Å². The Labute approximate surface area is 175 Å². The third-order valence-corrected chi connectivity index (χ3v) is 5.13. The molecule has 4 rings (SSSR count). The van der Waals surface area contributed by atoms with E-state index in [0.717, 1.165) is 53.8 Å². The van der Waals surface area contributed by atoms with Crippen molar-refractivity contribution >= 4 is 41.2 Å². The summed E-state index contributed by atoms with van der Waals surface area (Å²) in [6, 6.07) is 18.1. The fraction of sp³-hybridized carbons (Fsp3) is 0.190. The molecule has 146 valence electrons. The zero-order valence-electron chi connectivity index (χ0n) is 15.2. The van der Waals surface area contributed by atoms with Gasteiger partial charge in [0.1, 0.15) is 11.6 Å². The summed E-state index contributed by atoms with van der Waals surface area (Å²) in [6.45, 7) is 3.46. The van der Waals surface area contributed by atoms with E-state index in [0.29, 0.717) is 5.82 Å². The lowest BCUT2D eigenvalue weighted by Crippen LogP contribution is -2.46. The summed E-state index contributed by atoms with van der Waals surface area (Å²) >= 11 is 6.32. The van der Waals surface area contributed by atoms with Crippen molar-refractivity contribution in [1.82, 2.24) is 4.98 Å². The number of piperazine rings is 1. The molecule has 1 aliphatic rings. The Bertz CT molecular complexity index is 941. The molecule has 0 unspecified atom stereocenters. The van der Waals surface area contributed by atoms with Crippen molar-refractivity contribution < 1.29 is 4.39 Å². The maximum absolute atomic E-state index is 13.2. The lowest BCUT2D eigenvalue weighted by Gasteiger charge is -2.37. The molecular formula is C21H21Cl2FN4. The molecule has 1 aromatic heterocycles. The number of anilines is 3. The number of aromatic nitrogens is 1. The van der Waals surface area contributed by atoms with Gasteiger partial charge in [0, 0.05) is 43.5 Å². The molecule has 3 aromatic rings. The van der Waals surface area contributed by atoms with E-state index in [-0.39, 0.29) is 18.2 Å². The second kappa shape index (κ2) is 8.67. The predicted octanol–water partition coefficient (Wildman–Crippen LogP) is 4.87. The quantitative estimate of drug-likeness (QED) is 0.658. The number of halogens is 3. The molecule has 0 bridgehead atoms. The molecule has 0 spiro atoms. The van der Waals surface area contributed by atoms with Crippen LogP contribution in [0.3, 0.4) is 0 Å². The molecule has 1 aliphatic heterocycles. The van der Waals surface area contributed by atoms with E-state index in [2.05, 4.69) is 20.9 Å². The number of pyridine rings is 1. The van der Waals surface area contributed by atoms with Crippen LogP contribution in [0, 0.1) is 5.82 Å². The first-order valence-corrected chi connectivity index (χ1v) is 9.26. The Kier molecular flexibility index (Phi) is 6.27. The highest BCUT2D eigenvalue weighted by atomic mass is 35.5. The number of benzene rings is 2. The van der Waals surface area contributed by atoms with E-state index in [1.807, 2.05) is 30.3 Å². The second-order valence-corrected chi connectivity index (χ2v) is 6.98. The molecule has 0 aliphatic carbocycles. The number of nitrogens with zero attached hydrogens (tertiary/aromatic N) is 3. The number of nitrogens with two attached hydrogens (primary N) is 1. The highest BCUT2D eigenvalue weighted by Gasteiger charge is 2.20. The van der Waals surface area contributed by atoms with Gasteiger partial charge >= 0.3 is 0 Å². The van der Waals surface area contributed by atoms with Crippen molar-refractivity contribution in [3.8, 4) is 11.3 Å². The smallest absolute Gasteiger partial charge is 0.126 e. The minimum Gasteiger partial charge on any atom is -0.384 e. The summed E-state index contributed by atoms with van der Waals surface area (Å²) in [5, 5.41) is 0.776. The van der Waals surface area contributed by atoms with Gasteiger partial charge in [-0.1, -0.05) is 23.7 Å². The summed E-state index contributed by atoms with van der Waals surface area (Å²) in [4.78, 5) is 8.99. The fourth-order valence-corrected chi connectivity index (χ4v) is 3.66. The maximum Gasteiger partial charge on any atom is 0.126 e. The summed E-state index contributed by atoms with van der Waals surface area (Å²) in [5.41, 5.74) is 9.73. The molecule has 4 nitrogen and oxygen atoms in total. The van der Waals surface area contributed by atoms with Gasteiger partial charge in [-0.2, -0.15) is 0 Å². The number of para-hydroxylation sites is 1. The maximum atomic E-state index is 13.2. The molecule has 28 heavy (non-hydrogen) atoms. The number of hydrogen-bond acceptors (Lipinski definition) is 4. The van der Waals surface area contributed by atoms with E-state index in [1.54, 1.807) is 12.1 Å². The van der Waals surface area contributed by atoms with Crippen LogP contribution in [0.2, 0.25) is 5.02 Å². The normalized spacial score (nSPS) is 13.9. The van der Waals surface area contributed by atoms with Crippen LogP contribution in [0.4, 0.5) is 21.6 Å². The average molecular weight is 419 g/mol. The van der Waals surface area contributed by atoms with E-state index < -0.39 is 0 Å². The SMILES string of the molecule is Cl.Nc1cc(N2CCN(c3ccccc3Cl)CC2)cc(-c2ccc(F)cc2)n1.